The first-order valence-electron chi connectivity index (χ1n) is 6.33. The van der Waals surface area contributed by atoms with Crippen LogP contribution in [0.1, 0.15) is 5.56 Å². The van der Waals surface area contributed by atoms with E-state index < -0.39 is 0 Å². The molecule has 0 N–H and O–H groups in total. The van der Waals surface area contributed by atoms with Gasteiger partial charge < -0.3 is 14.2 Å². The topological polar surface area (TPSA) is 48.0 Å². The summed E-state index contributed by atoms with van der Waals surface area (Å²) in [6.45, 7) is 1.17. The van der Waals surface area contributed by atoms with Crippen LogP contribution in [0.25, 0.3) is 6.08 Å². The van der Waals surface area contributed by atoms with Gasteiger partial charge in [-0.2, -0.15) is 0 Å². The Morgan fingerprint density at radius 1 is 1.43 bits per heavy atom. The van der Waals surface area contributed by atoms with E-state index in [0.29, 0.717) is 28.1 Å². The van der Waals surface area contributed by atoms with Crippen LogP contribution in [-0.2, 0) is 9.53 Å². The Morgan fingerprint density at radius 3 is 3.05 bits per heavy atom. The van der Waals surface area contributed by atoms with Gasteiger partial charge in [0, 0.05) is 7.11 Å². The second-order valence-corrected chi connectivity index (χ2v) is 6.11. The van der Waals surface area contributed by atoms with E-state index in [4.69, 9.17) is 26.4 Å². The Kier molecular flexibility index (Phi) is 4.14. The van der Waals surface area contributed by atoms with Crippen LogP contribution in [0.15, 0.2) is 23.1 Å². The predicted molar refractivity (Wildman–Crippen MR) is 84.3 cm³/mol. The Labute approximate surface area is 131 Å². The Bertz CT molecular complexity index is 629. The summed E-state index contributed by atoms with van der Waals surface area (Å²) in [5.74, 6) is 1.33. The lowest BCUT2D eigenvalue weighted by molar-refractivity contribution is -0.122. The van der Waals surface area contributed by atoms with Crippen LogP contribution in [0, 0.1) is 0 Å². The predicted octanol–water partition coefficient (Wildman–Crippen LogP) is 2.26. The zero-order valence-corrected chi connectivity index (χ0v) is 13.0. The van der Waals surface area contributed by atoms with Crippen molar-refractivity contribution < 1.29 is 19.0 Å². The molecular formula is C14H13NO4S2. The van der Waals surface area contributed by atoms with E-state index in [9.17, 15) is 4.79 Å². The fourth-order valence-electron chi connectivity index (χ4n) is 2.03. The highest BCUT2D eigenvalue weighted by Gasteiger charge is 2.31. The van der Waals surface area contributed by atoms with Gasteiger partial charge in [0.1, 0.15) is 4.32 Å². The highest BCUT2D eigenvalue weighted by molar-refractivity contribution is 8.26. The Balaban J connectivity index is 1.80. The van der Waals surface area contributed by atoms with Crippen molar-refractivity contribution >= 4 is 40.3 Å². The van der Waals surface area contributed by atoms with Gasteiger partial charge in [-0.05, 0) is 23.8 Å². The first kappa shape index (κ1) is 14.4. The molecule has 3 rings (SSSR count). The maximum absolute atomic E-state index is 12.3. The molecule has 5 nitrogen and oxygen atoms in total. The highest BCUT2D eigenvalue weighted by atomic mass is 32.2. The van der Waals surface area contributed by atoms with Gasteiger partial charge in [-0.3, -0.25) is 9.69 Å². The summed E-state index contributed by atoms with van der Waals surface area (Å²) in [5.41, 5.74) is 0.881. The minimum Gasteiger partial charge on any atom is -0.454 e. The highest BCUT2D eigenvalue weighted by Crippen LogP contribution is 2.36. The minimum atomic E-state index is -0.0836. The van der Waals surface area contributed by atoms with E-state index in [1.54, 1.807) is 12.0 Å². The van der Waals surface area contributed by atoms with Gasteiger partial charge in [0.15, 0.2) is 11.5 Å². The van der Waals surface area contributed by atoms with Crippen molar-refractivity contribution in [3.63, 3.8) is 0 Å². The first-order valence-corrected chi connectivity index (χ1v) is 7.55. The summed E-state index contributed by atoms with van der Waals surface area (Å²) < 4.78 is 16.1. The van der Waals surface area contributed by atoms with Crippen molar-refractivity contribution in [1.82, 2.24) is 4.90 Å². The number of amides is 1. The van der Waals surface area contributed by atoms with Gasteiger partial charge in [0.25, 0.3) is 5.91 Å². The standard InChI is InChI=1S/C14H13NO4S2/c1-17-5-4-15-13(16)12(21-14(15)20)7-9-2-3-10-11(6-9)19-8-18-10/h2-3,6-7H,4-5,8H2,1H3. The minimum absolute atomic E-state index is 0.0836. The molecule has 0 aliphatic carbocycles. The van der Waals surface area contributed by atoms with E-state index in [0.717, 1.165) is 11.3 Å². The van der Waals surface area contributed by atoms with Gasteiger partial charge in [0.05, 0.1) is 18.1 Å². The molecule has 2 aliphatic heterocycles. The zero-order valence-electron chi connectivity index (χ0n) is 11.3. The van der Waals surface area contributed by atoms with Crippen LogP contribution in [0.4, 0.5) is 0 Å². The molecule has 1 fully saturated rings. The normalized spacial score (nSPS) is 18.9. The number of benzene rings is 1. The number of methoxy groups -OCH3 is 1. The molecule has 1 aromatic carbocycles. The fraction of sp³-hybridized carbons (Fsp3) is 0.286. The SMILES string of the molecule is COCCN1C(=O)C(=Cc2ccc3c(c2)OCO3)SC1=S. The number of carbonyl (C=O) groups is 1. The van der Waals surface area contributed by atoms with E-state index in [1.807, 2.05) is 24.3 Å². The number of carbonyl (C=O) groups excluding carboxylic acids is 1. The number of thioether (sulfide) groups is 1. The summed E-state index contributed by atoms with van der Waals surface area (Å²) >= 11 is 6.53. The fourth-order valence-corrected chi connectivity index (χ4v) is 3.34. The third kappa shape index (κ3) is 2.90. The summed E-state index contributed by atoms with van der Waals surface area (Å²) in [4.78, 5) is 14.5. The van der Waals surface area contributed by atoms with Crippen molar-refractivity contribution in [3.05, 3.63) is 28.7 Å². The third-order valence-electron chi connectivity index (χ3n) is 3.09. The van der Waals surface area contributed by atoms with Crippen LogP contribution in [0.2, 0.25) is 0 Å². The second kappa shape index (κ2) is 6.05. The smallest absolute Gasteiger partial charge is 0.266 e. The van der Waals surface area contributed by atoms with E-state index in [1.165, 1.54) is 11.8 Å². The molecular weight excluding hydrogens is 310 g/mol. The number of rotatable bonds is 4. The molecule has 2 aliphatic rings. The molecule has 0 unspecified atom stereocenters. The average molecular weight is 323 g/mol. The van der Waals surface area contributed by atoms with Gasteiger partial charge in [-0.15, -0.1) is 0 Å². The van der Waals surface area contributed by atoms with Crippen LogP contribution >= 0.6 is 24.0 Å². The molecule has 0 bridgehead atoms. The number of fused-ring (bicyclic) bond motifs is 1. The summed E-state index contributed by atoms with van der Waals surface area (Å²) in [6.07, 6.45) is 1.81. The molecule has 0 spiro atoms. The van der Waals surface area contributed by atoms with Crippen LogP contribution in [-0.4, -0.2) is 42.2 Å². The third-order valence-corrected chi connectivity index (χ3v) is 4.46. The van der Waals surface area contributed by atoms with Crippen molar-refractivity contribution in [2.24, 2.45) is 0 Å². The van der Waals surface area contributed by atoms with E-state index in [2.05, 4.69) is 0 Å². The summed E-state index contributed by atoms with van der Waals surface area (Å²) in [7, 11) is 1.60. The number of nitrogens with zero attached hydrogens (tertiary/aromatic N) is 1. The largest absolute Gasteiger partial charge is 0.454 e. The van der Waals surface area contributed by atoms with Crippen molar-refractivity contribution in [2.75, 3.05) is 27.1 Å². The van der Waals surface area contributed by atoms with Crippen molar-refractivity contribution in [2.45, 2.75) is 0 Å². The number of hydrogen-bond acceptors (Lipinski definition) is 6. The van der Waals surface area contributed by atoms with Gasteiger partial charge in [0.2, 0.25) is 6.79 Å². The molecule has 0 aromatic heterocycles. The molecule has 2 heterocycles. The lowest BCUT2D eigenvalue weighted by atomic mass is 10.2. The molecule has 110 valence electrons. The Hall–Kier alpha value is -1.57. The van der Waals surface area contributed by atoms with Crippen LogP contribution in [0.3, 0.4) is 0 Å². The number of ether oxygens (including phenoxy) is 3. The molecule has 7 heteroatoms. The van der Waals surface area contributed by atoms with Crippen molar-refractivity contribution in [3.8, 4) is 11.5 Å². The lowest BCUT2D eigenvalue weighted by Crippen LogP contribution is -2.31. The maximum Gasteiger partial charge on any atom is 0.266 e. The molecule has 1 amide bonds. The summed E-state index contributed by atoms with van der Waals surface area (Å²) in [6, 6.07) is 5.57. The van der Waals surface area contributed by atoms with E-state index in [-0.39, 0.29) is 12.7 Å². The second-order valence-electron chi connectivity index (χ2n) is 4.44. The molecule has 21 heavy (non-hydrogen) atoms. The molecule has 0 radical (unpaired) electrons. The average Bonchev–Trinajstić information content (AvgIpc) is 3.03. The van der Waals surface area contributed by atoms with E-state index >= 15 is 0 Å². The number of hydrogen-bond donors (Lipinski definition) is 0. The monoisotopic (exact) mass is 323 g/mol. The molecule has 0 saturated carbocycles. The van der Waals surface area contributed by atoms with Crippen LogP contribution < -0.4 is 9.47 Å². The number of thiocarbonyl (C=S) groups is 1. The van der Waals surface area contributed by atoms with Gasteiger partial charge in [-0.25, -0.2) is 0 Å². The molecule has 1 aromatic rings. The molecule has 0 atom stereocenters. The first-order chi connectivity index (χ1) is 10.2. The zero-order chi connectivity index (χ0) is 14.8. The van der Waals surface area contributed by atoms with Crippen molar-refractivity contribution in [1.29, 1.82) is 0 Å². The van der Waals surface area contributed by atoms with Crippen LogP contribution in [0.5, 0.6) is 11.5 Å². The van der Waals surface area contributed by atoms with Gasteiger partial charge in [-0.1, -0.05) is 30.0 Å². The van der Waals surface area contributed by atoms with Gasteiger partial charge >= 0.3 is 0 Å². The summed E-state index contributed by atoms with van der Waals surface area (Å²) in [5, 5.41) is 0. The quantitative estimate of drug-likeness (QED) is 0.626. The Morgan fingerprint density at radius 2 is 2.24 bits per heavy atom. The lowest BCUT2D eigenvalue weighted by Gasteiger charge is -2.12. The maximum atomic E-state index is 12.3. The molecule has 1 saturated heterocycles.